The molecule has 0 bridgehead atoms. The van der Waals surface area contributed by atoms with Crippen LogP contribution in [0.25, 0.3) is 21.3 Å². The Labute approximate surface area is 207 Å². The van der Waals surface area contributed by atoms with Crippen molar-refractivity contribution < 1.29 is 9.53 Å². The number of fused-ring (bicyclic) bond motifs is 1. The van der Waals surface area contributed by atoms with Crippen LogP contribution in [0.3, 0.4) is 0 Å². The number of hydrogen-bond donors (Lipinski definition) is 0. The van der Waals surface area contributed by atoms with Gasteiger partial charge in [-0.1, -0.05) is 59.8 Å². The smallest absolute Gasteiger partial charge is 0.338 e. The van der Waals surface area contributed by atoms with Crippen molar-refractivity contribution in [2.75, 3.05) is 0 Å². The third-order valence-corrected chi connectivity index (χ3v) is 7.13. The summed E-state index contributed by atoms with van der Waals surface area (Å²) in [4.78, 5) is 31.3. The number of allylic oxidation sites excluding steroid dienone is 1. The number of nitrogens with zero attached hydrogens (tertiary/aromatic N) is 2. The van der Waals surface area contributed by atoms with Gasteiger partial charge in [-0.25, -0.2) is 9.78 Å². The van der Waals surface area contributed by atoms with E-state index >= 15 is 0 Å². The molecule has 0 amide bonds. The van der Waals surface area contributed by atoms with Crippen LogP contribution in [0, 0.1) is 6.92 Å². The highest BCUT2D eigenvalue weighted by atomic mass is 32.2. The molecule has 0 unspecified atom stereocenters. The first-order valence-corrected chi connectivity index (χ1v) is 12.9. The number of carbonyl (C=O) groups excluding carboxylic acids is 1. The number of hydrogen-bond acceptors (Lipinski definition) is 6. The van der Waals surface area contributed by atoms with E-state index in [0.29, 0.717) is 28.4 Å². The summed E-state index contributed by atoms with van der Waals surface area (Å²) in [6.07, 6.45) is 1.53. The number of rotatable bonds is 8. The summed E-state index contributed by atoms with van der Waals surface area (Å²) in [6.45, 7) is 9.89. The molecule has 0 atom stereocenters. The Bertz CT molecular complexity index is 1400. The van der Waals surface area contributed by atoms with Crippen LogP contribution in [0.5, 0.6) is 0 Å². The lowest BCUT2D eigenvalue weighted by molar-refractivity contribution is 0.0378. The fourth-order valence-electron chi connectivity index (χ4n) is 3.57. The normalized spacial score (nSPS) is 11.2. The molecule has 34 heavy (non-hydrogen) atoms. The number of benzene rings is 2. The molecule has 0 aliphatic rings. The van der Waals surface area contributed by atoms with Crippen LogP contribution in [-0.2, 0) is 17.0 Å². The molecule has 2 aromatic carbocycles. The lowest BCUT2D eigenvalue weighted by Crippen LogP contribution is -2.22. The highest BCUT2D eigenvalue weighted by Gasteiger charge is 2.17. The summed E-state index contributed by atoms with van der Waals surface area (Å²) < 4.78 is 6.97. The van der Waals surface area contributed by atoms with Crippen molar-refractivity contribution >= 4 is 39.3 Å². The second-order valence-corrected chi connectivity index (χ2v) is 10.0. The Kier molecular flexibility index (Phi) is 7.34. The molecule has 7 heteroatoms. The summed E-state index contributed by atoms with van der Waals surface area (Å²) in [6, 6.07) is 15.5. The molecule has 174 valence electrons. The fraction of sp³-hybridized carbons (Fsp3) is 0.222. The van der Waals surface area contributed by atoms with E-state index in [9.17, 15) is 9.59 Å². The van der Waals surface area contributed by atoms with Crippen molar-refractivity contribution in [1.82, 2.24) is 9.55 Å². The van der Waals surface area contributed by atoms with Crippen LogP contribution in [0.1, 0.15) is 35.3 Å². The number of aryl methyl sites for hydroxylation is 1. The van der Waals surface area contributed by atoms with Gasteiger partial charge in [-0.2, -0.15) is 0 Å². The van der Waals surface area contributed by atoms with Gasteiger partial charge in [0.25, 0.3) is 5.56 Å². The van der Waals surface area contributed by atoms with Gasteiger partial charge in [0, 0.05) is 23.2 Å². The number of carbonyl (C=O) groups is 1. The van der Waals surface area contributed by atoms with E-state index in [0.717, 1.165) is 21.5 Å². The van der Waals surface area contributed by atoms with E-state index in [1.807, 2.05) is 68.6 Å². The lowest BCUT2D eigenvalue weighted by Gasteiger charge is -2.12. The second kappa shape index (κ2) is 10.4. The Morgan fingerprint density at radius 2 is 2.00 bits per heavy atom. The van der Waals surface area contributed by atoms with Crippen LogP contribution in [0.15, 0.2) is 76.5 Å². The molecule has 0 saturated heterocycles. The molecule has 2 heterocycles. The monoisotopic (exact) mass is 490 g/mol. The van der Waals surface area contributed by atoms with Gasteiger partial charge in [-0.15, -0.1) is 17.9 Å². The molecule has 4 rings (SSSR count). The molecule has 5 nitrogen and oxygen atoms in total. The summed E-state index contributed by atoms with van der Waals surface area (Å²) in [5.41, 5.74) is 4.48. The Morgan fingerprint density at radius 1 is 1.24 bits per heavy atom. The molecule has 0 aliphatic carbocycles. The maximum absolute atomic E-state index is 13.5. The number of esters is 1. The average Bonchev–Trinajstić information content (AvgIpc) is 3.24. The molecular formula is C27H26N2O3S2. The largest absolute Gasteiger partial charge is 0.459 e. The molecule has 0 radical (unpaired) electrons. The zero-order valence-electron chi connectivity index (χ0n) is 19.4. The fourth-order valence-corrected chi connectivity index (χ4v) is 5.51. The predicted molar refractivity (Wildman–Crippen MR) is 141 cm³/mol. The van der Waals surface area contributed by atoms with Crippen LogP contribution in [-0.4, -0.2) is 21.6 Å². The number of thioether (sulfide) groups is 1. The zero-order valence-corrected chi connectivity index (χ0v) is 21.0. The molecule has 0 N–H and O–H groups in total. The SMILES string of the molecule is C=CCn1c(SCc2cccc(C(=O)OC(C)C)c2)nc2scc(-c3ccc(C)cc3)c2c1=O. The molecule has 2 aromatic heterocycles. The van der Waals surface area contributed by atoms with Crippen LogP contribution >= 0.6 is 23.1 Å². The molecule has 4 aromatic rings. The number of thiophene rings is 1. The Balaban J connectivity index is 1.66. The van der Waals surface area contributed by atoms with Gasteiger partial charge < -0.3 is 4.74 Å². The standard InChI is InChI=1S/C27H26N2O3S2/c1-5-13-29-25(30)23-22(20-11-9-18(4)10-12-20)16-33-24(23)28-27(29)34-15-19-7-6-8-21(14-19)26(31)32-17(2)3/h5-12,14,16-17H,1,13,15H2,2-4H3. The second-order valence-electron chi connectivity index (χ2n) is 8.24. The van der Waals surface area contributed by atoms with E-state index in [4.69, 9.17) is 9.72 Å². The van der Waals surface area contributed by atoms with E-state index in [-0.39, 0.29) is 17.6 Å². The lowest BCUT2D eigenvalue weighted by atomic mass is 10.1. The first-order valence-electron chi connectivity index (χ1n) is 11.0. The van der Waals surface area contributed by atoms with E-state index in [1.54, 1.807) is 16.7 Å². The molecule has 0 aliphatic heterocycles. The summed E-state index contributed by atoms with van der Waals surface area (Å²) >= 11 is 2.95. The number of ether oxygens (including phenoxy) is 1. The van der Waals surface area contributed by atoms with Crippen LogP contribution in [0.2, 0.25) is 0 Å². The number of aromatic nitrogens is 2. The minimum absolute atomic E-state index is 0.0708. The quantitative estimate of drug-likeness (QED) is 0.122. The molecule has 0 fully saturated rings. The van der Waals surface area contributed by atoms with Gasteiger partial charge in [0.05, 0.1) is 17.1 Å². The maximum Gasteiger partial charge on any atom is 0.338 e. The third-order valence-electron chi connectivity index (χ3n) is 5.21. The van der Waals surface area contributed by atoms with Crippen molar-refractivity contribution in [3.05, 3.63) is 93.6 Å². The predicted octanol–water partition coefficient (Wildman–Crippen LogP) is 6.48. The first kappa shape index (κ1) is 24.0. The molecular weight excluding hydrogens is 464 g/mol. The van der Waals surface area contributed by atoms with Crippen molar-refractivity contribution in [3.63, 3.8) is 0 Å². The maximum atomic E-state index is 13.5. The van der Waals surface area contributed by atoms with E-state index in [1.165, 1.54) is 28.7 Å². The zero-order chi connectivity index (χ0) is 24.2. The third kappa shape index (κ3) is 5.16. The van der Waals surface area contributed by atoms with Gasteiger partial charge in [0.1, 0.15) is 4.83 Å². The highest BCUT2D eigenvalue weighted by molar-refractivity contribution is 7.98. The highest BCUT2D eigenvalue weighted by Crippen LogP contribution is 2.33. The van der Waals surface area contributed by atoms with Gasteiger partial charge in [-0.3, -0.25) is 9.36 Å². The van der Waals surface area contributed by atoms with Crippen LogP contribution < -0.4 is 5.56 Å². The van der Waals surface area contributed by atoms with Crippen molar-refractivity contribution in [2.24, 2.45) is 0 Å². The van der Waals surface area contributed by atoms with E-state index < -0.39 is 0 Å². The topological polar surface area (TPSA) is 61.2 Å². The van der Waals surface area contributed by atoms with Crippen molar-refractivity contribution in [3.8, 4) is 11.1 Å². The van der Waals surface area contributed by atoms with Crippen molar-refractivity contribution in [2.45, 2.75) is 44.3 Å². The first-order chi connectivity index (χ1) is 16.4. The van der Waals surface area contributed by atoms with Gasteiger partial charge in [0.15, 0.2) is 5.16 Å². The Morgan fingerprint density at radius 3 is 2.71 bits per heavy atom. The van der Waals surface area contributed by atoms with Crippen molar-refractivity contribution in [1.29, 1.82) is 0 Å². The minimum atomic E-state index is -0.341. The summed E-state index contributed by atoms with van der Waals surface area (Å²) in [5.74, 6) is 0.223. The summed E-state index contributed by atoms with van der Waals surface area (Å²) in [5, 5.41) is 3.27. The Hall–Kier alpha value is -3.16. The minimum Gasteiger partial charge on any atom is -0.459 e. The van der Waals surface area contributed by atoms with Gasteiger partial charge in [-0.05, 0) is 44.0 Å². The summed E-state index contributed by atoms with van der Waals surface area (Å²) in [7, 11) is 0. The molecule has 0 saturated carbocycles. The molecule has 0 spiro atoms. The van der Waals surface area contributed by atoms with Crippen LogP contribution in [0.4, 0.5) is 0 Å². The average molecular weight is 491 g/mol. The van der Waals surface area contributed by atoms with E-state index in [2.05, 4.69) is 6.58 Å². The van der Waals surface area contributed by atoms with Gasteiger partial charge in [0.2, 0.25) is 0 Å². The van der Waals surface area contributed by atoms with Gasteiger partial charge >= 0.3 is 5.97 Å².